The van der Waals surface area contributed by atoms with Gasteiger partial charge in [-0.2, -0.15) is 0 Å². The van der Waals surface area contributed by atoms with Gasteiger partial charge in [0.1, 0.15) is 11.4 Å². The Morgan fingerprint density at radius 1 is 0.691 bits per heavy atom. The molecular weight excluding hydrogens is 717 g/mol. The number of carbonyl (C=O) groups is 5. The lowest BCUT2D eigenvalue weighted by Gasteiger charge is -2.35. The van der Waals surface area contributed by atoms with E-state index >= 15 is 0 Å². The topological polar surface area (TPSA) is 212 Å². The fourth-order valence-electron chi connectivity index (χ4n) is 5.13. The van der Waals surface area contributed by atoms with Crippen molar-refractivity contribution in [1.29, 1.82) is 0 Å². The number of nitrogens with two attached hydrogens (primary N) is 1. The molecule has 0 radical (unpaired) electrons. The third-order valence-electron chi connectivity index (χ3n) is 8.14. The van der Waals surface area contributed by atoms with Gasteiger partial charge in [0.2, 0.25) is 18.2 Å². The molecule has 4 aromatic rings. The van der Waals surface area contributed by atoms with Crippen LogP contribution in [0.15, 0.2) is 97.3 Å². The van der Waals surface area contributed by atoms with Crippen LogP contribution in [-0.2, 0) is 29.3 Å². The molecule has 1 aliphatic rings. The smallest absolute Gasteiger partial charge is 0.410 e. The predicted molar refractivity (Wildman–Crippen MR) is 196 cm³/mol. The Hall–Kier alpha value is -6.42. The summed E-state index contributed by atoms with van der Waals surface area (Å²) >= 11 is 0. The quantitative estimate of drug-likeness (QED) is 0.150. The van der Waals surface area contributed by atoms with Gasteiger partial charge in [0, 0.05) is 44.1 Å². The maximum absolute atomic E-state index is 13.2. The number of benzene rings is 3. The molecule has 0 bridgehead atoms. The van der Waals surface area contributed by atoms with E-state index in [2.05, 4.69) is 9.97 Å². The minimum atomic E-state index is -2.21. The molecule has 15 nitrogen and oxygen atoms in total. The molecule has 4 N–H and O–H groups in total. The standard InChI is InChI=1S/C21H28FN5O2.C18H14O8/c1-20(2,3)29-19(28)27-11-9-26(10-12-27)18-24-13-16(14-25-18)21(4,23)15-5-7-17(22)8-6-15;19-15(20)13(25-17(23)11-7-3-1-4-8-11)14(16(21)22)26-18(24)12-9-5-2-6-10-12/h5-8,13-14H,9-12,23H2,1-4H3;1-10,13-14H,(H,19,20)(H,21,22)/t21-;13-,14-/m00/s1. The molecule has 290 valence electrons. The van der Waals surface area contributed by atoms with Gasteiger partial charge in [0.25, 0.3) is 0 Å². The van der Waals surface area contributed by atoms with Gasteiger partial charge in [-0.3, -0.25) is 0 Å². The first-order valence-electron chi connectivity index (χ1n) is 17.0. The molecule has 1 aromatic heterocycles. The van der Waals surface area contributed by atoms with Crippen LogP contribution in [0.1, 0.15) is 59.5 Å². The molecule has 0 aliphatic carbocycles. The fourth-order valence-corrected chi connectivity index (χ4v) is 5.13. The van der Waals surface area contributed by atoms with Gasteiger partial charge < -0.3 is 40.0 Å². The van der Waals surface area contributed by atoms with Crippen molar-refractivity contribution in [1.82, 2.24) is 14.9 Å². The predicted octanol–water partition coefficient (Wildman–Crippen LogP) is 4.50. The van der Waals surface area contributed by atoms with Crippen LogP contribution in [0.4, 0.5) is 15.1 Å². The Labute approximate surface area is 316 Å². The summed E-state index contributed by atoms with van der Waals surface area (Å²) in [5.41, 5.74) is 6.69. The number of aromatic nitrogens is 2. The summed E-state index contributed by atoms with van der Waals surface area (Å²) < 4.78 is 28.1. The van der Waals surface area contributed by atoms with Crippen molar-refractivity contribution in [2.75, 3.05) is 31.1 Å². The number of anilines is 1. The summed E-state index contributed by atoms with van der Waals surface area (Å²) in [5, 5.41) is 18.5. The number of carboxylic acids is 2. The number of piperazine rings is 1. The van der Waals surface area contributed by atoms with Gasteiger partial charge in [0.05, 0.1) is 16.7 Å². The average Bonchev–Trinajstić information content (AvgIpc) is 3.16. The number of rotatable bonds is 10. The average molecular weight is 760 g/mol. The van der Waals surface area contributed by atoms with E-state index in [1.165, 1.54) is 60.7 Å². The van der Waals surface area contributed by atoms with E-state index < -0.39 is 47.2 Å². The maximum atomic E-state index is 13.2. The highest BCUT2D eigenvalue weighted by atomic mass is 19.1. The normalized spacial score (nSPS) is 14.9. The third kappa shape index (κ3) is 11.5. The summed E-state index contributed by atoms with van der Waals surface area (Å²) in [6, 6.07) is 20.9. The summed E-state index contributed by atoms with van der Waals surface area (Å²) in [6.07, 6.45) is -1.33. The summed E-state index contributed by atoms with van der Waals surface area (Å²) in [4.78, 5) is 71.7. The van der Waals surface area contributed by atoms with Gasteiger partial charge in [-0.25, -0.2) is 38.3 Å². The number of esters is 2. The van der Waals surface area contributed by atoms with Crippen LogP contribution < -0.4 is 10.6 Å². The monoisotopic (exact) mass is 759 g/mol. The Bertz CT molecular complexity index is 1860. The van der Waals surface area contributed by atoms with E-state index in [1.807, 2.05) is 32.6 Å². The molecule has 3 aromatic carbocycles. The van der Waals surface area contributed by atoms with Gasteiger partial charge in [-0.15, -0.1) is 0 Å². The third-order valence-corrected chi connectivity index (χ3v) is 8.14. The van der Waals surface area contributed by atoms with Crippen LogP contribution in [-0.4, -0.2) is 99.0 Å². The highest BCUT2D eigenvalue weighted by Crippen LogP contribution is 2.26. The minimum Gasteiger partial charge on any atom is -0.478 e. The maximum Gasteiger partial charge on any atom is 0.410 e. The zero-order chi connectivity index (χ0) is 40.3. The van der Waals surface area contributed by atoms with Crippen molar-refractivity contribution in [2.45, 2.75) is 51.0 Å². The summed E-state index contributed by atoms with van der Waals surface area (Å²) in [5.74, 6) is -5.35. The van der Waals surface area contributed by atoms with Gasteiger partial charge in [-0.05, 0) is 69.7 Å². The number of amides is 1. The van der Waals surface area contributed by atoms with Gasteiger partial charge in [-0.1, -0.05) is 48.5 Å². The number of hydrogen-bond donors (Lipinski definition) is 3. The van der Waals surface area contributed by atoms with E-state index in [1.54, 1.807) is 41.6 Å². The molecule has 0 spiro atoms. The largest absolute Gasteiger partial charge is 0.478 e. The lowest BCUT2D eigenvalue weighted by atomic mass is 9.87. The SMILES string of the molecule is CC(C)(C)OC(=O)N1CCN(c2ncc([C@@](C)(N)c3ccc(F)cc3)cn2)CC1.O=C(O[C@H](C(=O)O)[C@H](OC(=O)c1ccccc1)C(=O)O)c1ccccc1. The van der Waals surface area contributed by atoms with Crippen LogP contribution in [0.2, 0.25) is 0 Å². The van der Waals surface area contributed by atoms with Gasteiger partial charge >= 0.3 is 30.0 Å². The lowest BCUT2D eigenvalue weighted by Crippen LogP contribution is -2.50. The van der Waals surface area contributed by atoms with E-state index in [0.29, 0.717) is 32.1 Å². The summed E-state index contributed by atoms with van der Waals surface area (Å²) in [7, 11) is 0. The van der Waals surface area contributed by atoms with Crippen molar-refractivity contribution in [3.8, 4) is 0 Å². The minimum absolute atomic E-state index is 0.0253. The molecule has 1 amide bonds. The molecule has 0 saturated carbocycles. The Morgan fingerprint density at radius 3 is 1.53 bits per heavy atom. The zero-order valence-electron chi connectivity index (χ0n) is 30.6. The Balaban J connectivity index is 0.000000246. The Kier molecular flexibility index (Phi) is 13.6. The number of aliphatic carboxylic acids is 2. The number of carbonyl (C=O) groups excluding carboxylic acids is 3. The van der Waals surface area contributed by atoms with E-state index in [4.69, 9.17) is 19.9 Å². The molecule has 1 saturated heterocycles. The number of ether oxygens (including phenoxy) is 3. The van der Waals surface area contributed by atoms with Crippen LogP contribution in [0.3, 0.4) is 0 Å². The second-order valence-corrected chi connectivity index (χ2v) is 13.5. The molecule has 3 atom stereocenters. The van der Waals surface area contributed by atoms with Crippen LogP contribution in [0, 0.1) is 5.82 Å². The van der Waals surface area contributed by atoms with E-state index in [9.17, 15) is 38.6 Å². The highest BCUT2D eigenvalue weighted by molar-refractivity contribution is 5.95. The first kappa shape index (κ1) is 41.3. The first-order valence-corrected chi connectivity index (χ1v) is 17.0. The molecule has 1 aliphatic heterocycles. The van der Waals surface area contributed by atoms with Crippen molar-refractivity contribution in [3.05, 3.63) is 125 Å². The van der Waals surface area contributed by atoms with Crippen molar-refractivity contribution < 1.29 is 52.8 Å². The van der Waals surface area contributed by atoms with Crippen LogP contribution in [0.25, 0.3) is 0 Å². The number of halogens is 1. The number of carboxylic acid groups (broad SMARTS) is 2. The second-order valence-electron chi connectivity index (χ2n) is 13.5. The molecule has 5 rings (SSSR count). The second kappa shape index (κ2) is 18.1. The van der Waals surface area contributed by atoms with E-state index in [-0.39, 0.29) is 23.0 Å². The van der Waals surface area contributed by atoms with E-state index in [0.717, 1.165) is 11.1 Å². The van der Waals surface area contributed by atoms with Gasteiger partial charge in [0.15, 0.2) is 0 Å². The molecule has 16 heteroatoms. The molecular formula is C39H42FN5O10. The number of hydrogen-bond acceptors (Lipinski definition) is 12. The fraction of sp³-hybridized carbons (Fsp3) is 0.308. The Morgan fingerprint density at radius 2 is 1.13 bits per heavy atom. The van der Waals surface area contributed by atoms with Crippen molar-refractivity contribution in [2.24, 2.45) is 5.73 Å². The van der Waals surface area contributed by atoms with Crippen LogP contribution >= 0.6 is 0 Å². The first-order chi connectivity index (χ1) is 26.0. The number of nitrogens with zero attached hydrogens (tertiary/aromatic N) is 4. The van der Waals surface area contributed by atoms with Crippen molar-refractivity contribution in [3.63, 3.8) is 0 Å². The van der Waals surface area contributed by atoms with Crippen molar-refractivity contribution >= 4 is 35.9 Å². The molecule has 2 heterocycles. The zero-order valence-corrected chi connectivity index (χ0v) is 30.6. The molecule has 55 heavy (non-hydrogen) atoms. The highest BCUT2D eigenvalue weighted by Gasteiger charge is 2.41. The molecule has 0 unspecified atom stereocenters. The summed E-state index contributed by atoms with van der Waals surface area (Å²) in [6.45, 7) is 9.74. The lowest BCUT2D eigenvalue weighted by molar-refractivity contribution is -0.166. The van der Waals surface area contributed by atoms with Crippen LogP contribution in [0.5, 0.6) is 0 Å². The molecule has 1 fully saturated rings.